The molecule has 0 aromatic heterocycles. The third-order valence-electron chi connectivity index (χ3n) is 3.95. The molecule has 1 amide bonds. The molecule has 3 N–H and O–H groups in total. The number of rotatable bonds is 7. The number of sulfonamides is 1. The zero-order valence-corrected chi connectivity index (χ0v) is 18.0. The Morgan fingerprint density at radius 2 is 1.64 bits per heavy atom. The van der Waals surface area contributed by atoms with Crippen LogP contribution in [0.5, 0.6) is 0 Å². The molecule has 0 aliphatic carbocycles. The molecule has 0 saturated heterocycles. The van der Waals surface area contributed by atoms with Crippen molar-refractivity contribution in [1.29, 1.82) is 0 Å². The molecule has 0 radical (unpaired) electrons. The average molecular weight is 405 g/mol. The quantitative estimate of drug-likeness (QED) is 0.652. The molecule has 0 atom stereocenters. The van der Waals surface area contributed by atoms with E-state index in [0.29, 0.717) is 12.1 Å². The molecule has 6 nitrogen and oxygen atoms in total. The highest BCUT2D eigenvalue weighted by Crippen LogP contribution is 2.15. The van der Waals surface area contributed by atoms with Crippen molar-refractivity contribution in [3.63, 3.8) is 0 Å². The van der Waals surface area contributed by atoms with E-state index in [1.165, 1.54) is 22.6 Å². The largest absolute Gasteiger partial charge is 0.348 e. The van der Waals surface area contributed by atoms with Crippen molar-refractivity contribution in [3.8, 4) is 0 Å². The molecule has 28 heavy (non-hydrogen) atoms. The van der Waals surface area contributed by atoms with Gasteiger partial charge in [-0.3, -0.25) is 4.79 Å². The Morgan fingerprint density at radius 3 is 2.25 bits per heavy atom. The summed E-state index contributed by atoms with van der Waals surface area (Å²) in [5.74, 6) is -0.306. The van der Waals surface area contributed by atoms with E-state index in [9.17, 15) is 13.2 Å². The van der Waals surface area contributed by atoms with Crippen LogP contribution in [-0.4, -0.2) is 34.0 Å². The Morgan fingerprint density at radius 1 is 1.00 bits per heavy atom. The van der Waals surface area contributed by atoms with Gasteiger partial charge >= 0.3 is 0 Å². The molecule has 2 rings (SSSR count). The van der Waals surface area contributed by atoms with E-state index in [0.717, 1.165) is 12.1 Å². The Bertz CT molecular complexity index is 932. The van der Waals surface area contributed by atoms with Gasteiger partial charge < -0.3 is 10.2 Å². The Kier molecular flexibility index (Phi) is 6.98. The van der Waals surface area contributed by atoms with E-state index in [1.807, 2.05) is 18.2 Å². The third-order valence-corrected chi connectivity index (χ3v) is 5.70. The molecule has 0 aliphatic rings. The van der Waals surface area contributed by atoms with Crippen molar-refractivity contribution >= 4 is 15.9 Å². The van der Waals surface area contributed by atoms with Gasteiger partial charge in [-0.05, 0) is 44.5 Å². The minimum Gasteiger partial charge on any atom is -0.348 e. The molecule has 2 aromatic carbocycles. The van der Waals surface area contributed by atoms with E-state index in [2.05, 4.69) is 30.2 Å². The highest BCUT2D eigenvalue weighted by atomic mass is 32.2. The van der Waals surface area contributed by atoms with Gasteiger partial charge in [-0.25, -0.2) is 13.1 Å². The Balaban J connectivity index is 2.14. The van der Waals surface area contributed by atoms with Crippen LogP contribution in [0.2, 0.25) is 0 Å². The molecule has 0 saturated carbocycles. The summed E-state index contributed by atoms with van der Waals surface area (Å²) in [5.41, 5.74) is 1.94. The molecular formula is C21H30N3O3S+. The number of carbonyl (C=O) groups is 1. The summed E-state index contributed by atoms with van der Waals surface area (Å²) in [6, 6.07) is 14.1. The van der Waals surface area contributed by atoms with E-state index in [4.69, 9.17) is 0 Å². The van der Waals surface area contributed by atoms with Gasteiger partial charge in [-0.2, -0.15) is 0 Å². The van der Waals surface area contributed by atoms with Crippen molar-refractivity contribution < 1.29 is 18.1 Å². The highest BCUT2D eigenvalue weighted by Gasteiger charge is 2.22. The Hall–Kier alpha value is -2.22. The fourth-order valence-corrected chi connectivity index (χ4v) is 4.29. The molecular weight excluding hydrogens is 374 g/mol. The van der Waals surface area contributed by atoms with Crippen molar-refractivity contribution in [1.82, 2.24) is 10.0 Å². The second-order valence-corrected chi connectivity index (χ2v) is 9.90. The second kappa shape index (κ2) is 8.86. The molecule has 0 aliphatic heterocycles. The maximum Gasteiger partial charge on any atom is 0.251 e. The van der Waals surface area contributed by atoms with Crippen molar-refractivity contribution in [3.05, 3.63) is 65.2 Å². The molecule has 0 bridgehead atoms. The highest BCUT2D eigenvalue weighted by molar-refractivity contribution is 7.89. The van der Waals surface area contributed by atoms with Crippen LogP contribution in [0.1, 0.15) is 42.3 Å². The number of hydrogen-bond acceptors (Lipinski definition) is 3. The molecule has 0 fully saturated rings. The zero-order chi connectivity index (χ0) is 20.9. The fourth-order valence-electron chi connectivity index (χ4n) is 2.83. The van der Waals surface area contributed by atoms with E-state index < -0.39 is 15.6 Å². The molecule has 0 heterocycles. The number of hydrogen-bond donors (Lipinski definition) is 3. The van der Waals surface area contributed by atoms with Gasteiger partial charge in [0, 0.05) is 23.2 Å². The summed E-state index contributed by atoms with van der Waals surface area (Å²) in [6.45, 7) is 6.56. The summed E-state index contributed by atoms with van der Waals surface area (Å²) < 4.78 is 27.6. The van der Waals surface area contributed by atoms with Gasteiger partial charge in [0.1, 0.15) is 6.54 Å². The number of benzene rings is 2. The van der Waals surface area contributed by atoms with Crippen molar-refractivity contribution in [2.24, 2.45) is 0 Å². The van der Waals surface area contributed by atoms with Crippen molar-refractivity contribution in [2.45, 2.75) is 44.3 Å². The summed E-state index contributed by atoms with van der Waals surface area (Å²) >= 11 is 0. The maximum absolute atomic E-state index is 12.6. The first kappa shape index (κ1) is 22.1. The van der Waals surface area contributed by atoms with Crippen LogP contribution >= 0.6 is 0 Å². The molecule has 2 aromatic rings. The first-order valence-electron chi connectivity index (χ1n) is 9.26. The SMILES string of the molecule is C[NH+](C)Cc1ccccc1CNC(=O)c1cccc(S(=O)(=O)NC(C)(C)C)c1. The summed E-state index contributed by atoms with van der Waals surface area (Å²) in [4.78, 5) is 14.0. The maximum atomic E-state index is 12.6. The van der Waals surface area contributed by atoms with Gasteiger partial charge in [-0.15, -0.1) is 0 Å². The van der Waals surface area contributed by atoms with Gasteiger partial charge in [0.05, 0.1) is 19.0 Å². The lowest BCUT2D eigenvalue weighted by Crippen LogP contribution is -3.04. The molecule has 7 heteroatoms. The van der Waals surface area contributed by atoms with Crippen LogP contribution in [0, 0.1) is 0 Å². The third kappa shape index (κ3) is 6.44. The topological polar surface area (TPSA) is 79.7 Å². The number of carbonyl (C=O) groups excluding carboxylic acids is 1. The second-order valence-electron chi connectivity index (χ2n) is 8.22. The van der Waals surface area contributed by atoms with Crippen molar-refractivity contribution in [2.75, 3.05) is 14.1 Å². The zero-order valence-electron chi connectivity index (χ0n) is 17.2. The standard InChI is InChI=1S/C21H29N3O3S/c1-21(2,3)23-28(26,27)19-12-8-11-16(13-19)20(25)22-14-17-9-6-7-10-18(17)15-24(4)5/h6-13,23H,14-15H2,1-5H3,(H,22,25)/p+1. The molecule has 152 valence electrons. The Labute approximate surface area is 168 Å². The van der Waals surface area contributed by atoms with E-state index in [1.54, 1.807) is 32.9 Å². The molecule has 0 unspecified atom stereocenters. The average Bonchev–Trinajstić information content (AvgIpc) is 2.58. The minimum atomic E-state index is -3.69. The number of quaternary nitrogens is 1. The van der Waals surface area contributed by atoms with Gasteiger partial charge in [0.15, 0.2) is 0 Å². The lowest BCUT2D eigenvalue weighted by Gasteiger charge is -2.20. The smallest absolute Gasteiger partial charge is 0.251 e. The minimum absolute atomic E-state index is 0.0756. The summed E-state index contributed by atoms with van der Waals surface area (Å²) in [5, 5.41) is 2.89. The monoisotopic (exact) mass is 404 g/mol. The fraction of sp³-hybridized carbons (Fsp3) is 0.381. The van der Waals surface area contributed by atoms with Crippen LogP contribution in [0.25, 0.3) is 0 Å². The lowest BCUT2D eigenvalue weighted by atomic mass is 10.1. The number of amides is 1. The normalized spacial score (nSPS) is 12.2. The number of nitrogens with one attached hydrogen (secondary N) is 3. The van der Waals surface area contributed by atoms with Gasteiger partial charge in [0.2, 0.25) is 10.0 Å². The first-order chi connectivity index (χ1) is 13.0. The van der Waals surface area contributed by atoms with Gasteiger partial charge in [0.25, 0.3) is 5.91 Å². The van der Waals surface area contributed by atoms with Crippen LogP contribution in [0.3, 0.4) is 0 Å². The van der Waals surface area contributed by atoms with E-state index >= 15 is 0 Å². The summed E-state index contributed by atoms with van der Waals surface area (Å²) in [6.07, 6.45) is 0. The predicted molar refractivity (Wildman–Crippen MR) is 111 cm³/mol. The van der Waals surface area contributed by atoms with E-state index in [-0.39, 0.29) is 10.8 Å². The van der Waals surface area contributed by atoms with Gasteiger partial charge in [-0.1, -0.05) is 30.3 Å². The van der Waals surface area contributed by atoms with Crippen LogP contribution < -0.4 is 14.9 Å². The van der Waals surface area contributed by atoms with Crippen LogP contribution in [0.4, 0.5) is 0 Å². The summed E-state index contributed by atoms with van der Waals surface area (Å²) in [7, 11) is 0.459. The first-order valence-corrected chi connectivity index (χ1v) is 10.7. The predicted octanol–water partition coefficient (Wildman–Crippen LogP) is 1.34. The van der Waals surface area contributed by atoms with Crippen LogP contribution in [0.15, 0.2) is 53.4 Å². The molecule has 0 spiro atoms. The lowest BCUT2D eigenvalue weighted by molar-refractivity contribution is -0.872. The van der Waals surface area contributed by atoms with Crippen LogP contribution in [-0.2, 0) is 23.1 Å².